The Morgan fingerprint density at radius 3 is 2.29 bits per heavy atom. The minimum atomic E-state index is -3.90. The van der Waals surface area contributed by atoms with Gasteiger partial charge in [0.1, 0.15) is 16.4 Å². The summed E-state index contributed by atoms with van der Waals surface area (Å²) in [6.45, 7) is 5.14. The molecule has 0 aliphatic rings. The van der Waals surface area contributed by atoms with E-state index < -0.39 is 21.5 Å². The lowest BCUT2D eigenvalue weighted by Crippen LogP contribution is -2.40. The average molecular weight is 427 g/mol. The second-order valence-corrected chi connectivity index (χ2v) is 9.08. The monoisotopic (exact) mass is 426 g/mol. The fourth-order valence-electron chi connectivity index (χ4n) is 2.40. The lowest BCUT2D eigenvalue weighted by molar-refractivity contribution is 0.102. The van der Waals surface area contributed by atoms with Crippen LogP contribution in [0.4, 0.5) is 5.69 Å². The molecule has 0 spiro atoms. The summed E-state index contributed by atoms with van der Waals surface area (Å²) in [5.41, 5.74) is -0.145. The van der Waals surface area contributed by atoms with Crippen molar-refractivity contribution < 1.29 is 22.7 Å². The molecule has 0 saturated heterocycles. The third-order valence-corrected chi connectivity index (χ3v) is 5.82. The van der Waals surface area contributed by atoms with Gasteiger partial charge in [-0.2, -0.15) is 0 Å². The fraction of sp³-hybridized carbons (Fsp3) is 0.316. The van der Waals surface area contributed by atoms with E-state index in [-0.39, 0.29) is 15.5 Å². The number of rotatable bonds is 6. The molecule has 0 aliphatic heterocycles. The third kappa shape index (κ3) is 5.37. The molecule has 0 atom stereocenters. The second-order valence-electron chi connectivity index (χ2n) is 7.02. The predicted molar refractivity (Wildman–Crippen MR) is 109 cm³/mol. The molecule has 1 amide bonds. The topological polar surface area (TPSA) is 93.7 Å². The van der Waals surface area contributed by atoms with E-state index in [1.807, 2.05) is 0 Å². The Hall–Kier alpha value is -2.29. The molecule has 0 unspecified atom stereocenters. The van der Waals surface area contributed by atoms with Gasteiger partial charge in [0, 0.05) is 17.2 Å². The molecular formula is C19H23ClN2O5S. The molecule has 0 heterocycles. The van der Waals surface area contributed by atoms with Crippen LogP contribution in [0.3, 0.4) is 0 Å². The molecule has 2 rings (SSSR count). The smallest absolute Gasteiger partial charge is 0.255 e. The minimum Gasteiger partial charge on any atom is -0.497 e. The van der Waals surface area contributed by atoms with Gasteiger partial charge in [0.25, 0.3) is 5.91 Å². The van der Waals surface area contributed by atoms with E-state index in [0.29, 0.717) is 17.2 Å². The standard InChI is InChI=1S/C19H23ClN2O5S/c1-19(2,3)22-28(24,25)17-10-12(6-8-14(17)20)18(23)21-15-9-7-13(26-4)11-16(15)27-5/h6-11,22H,1-5H3,(H,21,23). The van der Waals surface area contributed by atoms with E-state index in [1.54, 1.807) is 39.0 Å². The summed E-state index contributed by atoms with van der Waals surface area (Å²) in [4.78, 5) is 12.5. The SMILES string of the molecule is COc1ccc(NC(=O)c2ccc(Cl)c(S(=O)(=O)NC(C)(C)C)c2)c(OC)c1. The Morgan fingerprint density at radius 2 is 1.71 bits per heavy atom. The first-order valence-corrected chi connectivity index (χ1v) is 10.2. The fourth-order valence-corrected chi connectivity index (χ4v) is 4.35. The van der Waals surface area contributed by atoms with Crippen LogP contribution in [0.2, 0.25) is 5.02 Å². The van der Waals surface area contributed by atoms with Crippen molar-refractivity contribution in [3.05, 3.63) is 47.0 Å². The average Bonchev–Trinajstić information content (AvgIpc) is 2.60. The highest BCUT2D eigenvalue weighted by Crippen LogP contribution is 2.30. The maximum Gasteiger partial charge on any atom is 0.255 e. The van der Waals surface area contributed by atoms with Crippen molar-refractivity contribution in [1.82, 2.24) is 4.72 Å². The van der Waals surface area contributed by atoms with Gasteiger partial charge in [-0.05, 0) is 51.1 Å². The summed E-state index contributed by atoms with van der Waals surface area (Å²) >= 11 is 6.07. The number of hydrogen-bond donors (Lipinski definition) is 2. The van der Waals surface area contributed by atoms with Crippen molar-refractivity contribution >= 4 is 33.2 Å². The molecule has 7 nitrogen and oxygen atoms in total. The van der Waals surface area contributed by atoms with Crippen LogP contribution < -0.4 is 19.5 Å². The number of benzene rings is 2. The number of anilines is 1. The normalized spacial score (nSPS) is 11.8. The van der Waals surface area contributed by atoms with E-state index in [0.717, 1.165) is 0 Å². The molecule has 0 fully saturated rings. The molecule has 0 aromatic heterocycles. The summed E-state index contributed by atoms with van der Waals surface area (Å²) in [5, 5.41) is 2.72. The number of halogens is 1. The summed E-state index contributed by atoms with van der Waals surface area (Å²) < 4.78 is 38.1. The van der Waals surface area contributed by atoms with E-state index >= 15 is 0 Å². The summed E-state index contributed by atoms with van der Waals surface area (Å²) in [6, 6.07) is 8.98. The lowest BCUT2D eigenvalue weighted by atomic mass is 10.1. The molecule has 2 aromatic carbocycles. The Bertz CT molecular complexity index is 984. The van der Waals surface area contributed by atoms with Crippen LogP contribution >= 0.6 is 11.6 Å². The quantitative estimate of drug-likeness (QED) is 0.734. The highest BCUT2D eigenvalue weighted by molar-refractivity contribution is 7.89. The Morgan fingerprint density at radius 1 is 1.04 bits per heavy atom. The van der Waals surface area contributed by atoms with Crippen molar-refractivity contribution in [2.24, 2.45) is 0 Å². The van der Waals surface area contributed by atoms with Crippen molar-refractivity contribution in [3.63, 3.8) is 0 Å². The van der Waals surface area contributed by atoms with Crippen molar-refractivity contribution in [2.45, 2.75) is 31.2 Å². The van der Waals surface area contributed by atoms with Gasteiger partial charge in [0.05, 0.1) is 24.9 Å². The number of hydrogen-bond acceptors (Lipinski definition) is 5. The van der Waals surface area contributed by atoms with Crippen molar-refractivity contribution in [3.8, 4) is 11.5 Å². The number of amides is 1. The number of carbonyl (C=O) groups excluding carboxylic acids is 1. The van der Waals surface area contributed by atoms with Gasteiger partial charge in [0.15, 0.2) is 0 Å². The zero-order valence-corrected chi connectivity index (χ0v) is 17.9. The third-order valence-electron chi connectivity index (χ3n) is 3.58. The highest BCUT2D eigenvalue weighted by atomic mass is 35.5. The Balaban J connectivity index is 2.35. The van der Waals surface area contributed by atoms with Crippen molar-refractivity contribution in [2.75, 3.05) is 19.5 Å². The van der Waals surface area contributed by atoms with Crippen LogP contribution in [-0.2, 0) is 10.0 Å². The van der Waals surface area contributed by atoms with Crippen LogP contribution in [0.5, 0.6) is 11.5 Å². The second kappa shape index (κ2) is 8.38. The highest BCUT2D eigenvalue weighted by Gasteiger charge is 2.25. The number of sulfonamides is 1. The number of carbonyl (C=O) groups is 1. The number of nitrogens with one attached hydrogen (secondary N) is 2. The zero-order valence-electron chi connectivity index (χ0n) is 16.3. The largest absolute Gasteiger partial charge is 0.497 e. The minimum absolute atomic E-state index is 0.0235. The van der Waals surface area contributed by atoms with E-state index in [9.17, 15) is 13.2 Å². The van der Waals surface area contributed by atoms with E-state index in [4.69, 9.17) is 21.1 Å². The first kappa shape index (κ1) is 22.0. The molecular weight excluding hydrogens is 404 g/mol. The van der Waals surface area contributed by atoms with Crippen LogP contribution in [-0.4, -0.2) is 34.1 Å². The molecule has 152 valence electrons. The van der Waals surface area contributed by atoms with Crippen LogP contribution in [0, 0.1) is 0 Å². The molecule has 0 radical (unpaired) electrons. The van der Waals surface area contributed by atoms with Gasteiger partial charge in [-0.15, -0.1) is 0 Å². The first-order valence-electron chi connectivity index (χ1n) is 8.34. The van der Waals surface area contributed by atoms with Crippen molar-refractivity contribution in [1.29, 1.82) is 0 Å². The Kier molecular flexibility index (Phi) is 6.59. The van der Waals surface area contributed by atoms with Gasteiger partial charge < -0.3 is 14.8 Å². The number of methoxy groups -OCH3 is 2. The molecule has 2 N–H and O–H groups in total. The summed E-state index contributed by atoms with van der Waals surface area (Å²) in [5.74, 6) is 0.472. The maximum atomic E-state index is 12.7. The molecule has 0 aliphatic carbocycles. The maximum absolute atomic E-state index is 12.7. The summed E-state index contributed by atoms with van der Waals surface area (Å²) in [7, 11) is -0.913. The number of ether oxygens (including phenoxy) is 2. The lowest BCUT2D eigenvalue weighted by Gasteiger charge is -2.21. The van der Waals surface area contributed by atoms with Gasteiger partial charge in [-0.1, -0.05) is 11.6 Å². The van der Waals surface area contributed by atoms with Gasteiger partial charge in [-0.3, -0.25) is 4.79 Å². The molecule has 28 heavy (non-hydrogen) atoms. The first-order chi connectivity index (χ1) is 13.0. The van der Waals surface area contributed by atoms with Crippen LogP contribution in [0.25, 0.3) is 0 Å². The van der Waals surface area contributed by atoms with Gasteiger partial charge in [0.2, 0.25) is 10.0 Å². The molecule has 9 heteroatoms. The molecule has 2 aromatic rings. The van der Waals surface area contributed by atoms with E-state index in [1.165, 1.54) is 32.4 Å². The zero-order chi connectivity index (χ0) is 21.1. The van der Waals surface area contributed by atoms with Gasteiger partial charge in [-0.25, -0.2) is 13.1 Å². The van der Waals surface area contributed by atoms with Gasteiger partial charge >= 0.3 is 0 Å². The predicted octanol–water partition coefficient (Wildman–Crippen LogP) is 3.69. The molecule has 0 bridgehead atoms. The van der Waals surface area contributed by atoms with E-state index in [2.05, 4.69) is 10.0 Å². The summed E-state index contributed by atoms with van der Waals surface area (Å²) in [6.07, 6.45) is 0. The van der Waals surface area contributed by atoms with Crippen LogP contribution in [0.15, 0.2) is 41.3 Å². The Labute approximate surface area is 170 Å². The van der Waals surface area contributed by atoms with Crippen LogP contribution in [0.1, 0.15) is 31.1 Å². The molecule has 0 saturated carbocycles.